The van der Waals surface area contributed by atoms with Crippen LogP contribution in [0.2, 0.25) is 0 Å². The van der Waals surface area contributed by atoms with Gasteiger partial charge in [0.25, 0.3) is 10.2 Å². The van der Waals surface area contributed by atoms with Gasteiger partial charge in [-0.3, -0.25) is 0 Å². The van der Waals surface area contributed by atoms with Crippen molar-refractivity contribution >= 4 is 10.2 Å². The first kappa shape index (κ1) is 16.2. The summed E-state index contributed by atoms with van der Waals surface area (Å²) in [6, 6.07) is 0.575. The molecule has 1 N–H and O–H groups in total. The second-order valence-electron chi connectivity index (χ2n) is 6.13. The molecule has 2 aliphatic rings. The summed E-state index contributed by atoms with van der Waals surface area (Å²) in [6.45, 7) is 4.38. The molecule has 0 bridgehead atoms. The molecule has 0 aromatic heterocycles. The topological polar surface area (TPSA) is 52.7 Å². The molecule has 0 aromatic carbocycles. The molecule has 1 atom stereocenters. The second-order valence-corrected chi connectivity index (χ2v) is 8.12. The number of unbranched alkanes of at least 4 members (excludes halogenated alkanes) is 1. The van der Waals surface area contributed by atoms with Gasteiger partial charge in [-0.1, -0.05) is 19.8 Å². The smallest absolute Gasteiger partial charge is 0.282 e. The number of piperidine rings is 1. The zero-order valence-electron chi connectivity index (χ0n) is 12.8. The van der Waals surface area contributed by atoms with Crippen LogP contribution in [0.5, 0.6) is 0 Å². The lowest BCUT2D eigenvalue weighted by atomic mass is 10.1. The Labute approximate surface area is 123 Å². The molecule has 0 aromatic rings. The van der Waals surface area contributed by atoms with E-state index in [0.29, 0.717) is 19.1 Å². The van der Waals surface area contributed by atoms with Crippen LogP contribution < -0.4 is 5.32 Å². The van der Waals surface area contributed by atoms with Crippen molar-refractivity contribution in [3.63, 3.8) is 0 Å². The standard InChI is InChI=1S/C14H29N3O2S/c1-3-4-11-16(2)20(18,19)17(14-8-9-14)12-13-7-5-6-10-15-13/h13-15H,3-12H2,1-2H3. The van der Waals surface area contributed by atoms with Gasteiger partial charge in [-0.25, -0.2) is 0 Å². The summed E-state index contributed by atoms with van der Waals surface area (Å²) in [7, 11) is -1.57. The third kappa shape index (κ3) is 4.16. The van der Waals surface area contributed by atoms with Gasteiger partial charge in [0.2, 0.25) is 0 Å². The van der Waals surface area contributed by atoms with E-state index in [1.54, 1.807) is 11.4 Å². The molecule has 6 heteroatoms. The molecule has 5 nitrogen and oxygen atoms in total. The van der Waals surface area contributed by atoms with Gasteiger partial charge in [-0.2, -0.15) is 17.0 Å². The number of nitrogens with zero attached hydrogens (tertiary/aromatic N) is 2. The first-order chi connectivity index (χ1) is 9.55. The minimum Gasteiger partial charge on any atom is -0.313 e. The van der Waals surface area contributed by atoms with Gasteiger partial charge in [-0.15, -0.1) is 0 Å². The molecule has 1 unspecified atom stereocenters. The van der Waals surface area contributed by atoms with Crippen LogP contribution in [-0.2, 0) is 10.2 Å². The van der Waals surface area contributed by atoms with E-state index < -0.39 is 10.2 Å². The summed E-state index contributed by atoms with van der Waals surface area (Å²) in [6.07, 6.45) is 7.51. The Hall–Kier alpha value is -0.170. The van der Waals surface area contributed by atoms with E-state index in [9.17, 15) is 8.42 Å². The quantitative estimate of drug-likeness (QED) is 0.740. The highest BCUT2D eigenvalue weighted by molar-refractivity contribution is 7.86. The van der Waals surface area contributed by atoms with E-state index in [0.717, 1.165) is 38.6 Å². The van der Waals surface area contributed by atoms with Crippen molar-refractivity contribution in [2.45, 2.75) is 64.0 Å². The fourth-order valence-corrected chi connectivity index (χ4v) is 4.44. The van der Waals surface area contributed by atoms with Crippen LogP contribution >= 0.6 is 0 Å². The summed E-state index contributed by atoms with van der Waals surface area (Å²) >= 11 is 0. The zero-order chi connectivity index (χ0) is 14.6. The van der Waals surface area contributed by atoms with Crippen LogP contribution in [0, 0.1) is 0 Å². The van der Waals surface area contributed by atoms with E-state index in [-0.39, 0.29) is 6.04 Å². The Bertz CT molecular complexity index is 389. The molecular formula is C14H29N3O2S. The van der Waals surface area contributed by atoms with Crippen LogP contribution in [0.3, 0.4) is 0 Å². The van der Waals surface area contributed by atoms with E-state index in [4.69, 9.17) is 0 Å². The average molecular weight is 303 g/mol. The van der Waals surface area contributed by atoms with Crippen LogP contribution in [0.4, 0.5) is 0 Å². The lowest BCUT2D eigenvalue weighted by Crippen LogP contribution is -2.50. The van der Waals surface area contributed by atoms with Crippen molar-refractivity contribution in [2.24, 2.45) is 0 Å². The summed E-state index contributed by atoms with van der Waals surface area (Å²) in [5.74, 6) is 0. The molecular weight excluding hydrogens is 274 g/mol. The third-order valence-electron chi connectivity index (χ3n) is 4.28. The summed E-state index contributed by atoms with van der Waals surface area (Å²) in [4.78, 5) is 0. The lowest BCUT2D eigenvalue weighted by Gasteiger charge is -2.32. The van der Waals surface area contributed by atoms with Crippen LogP contribution in [0.1, 0.15) is 51.9 Å². The van der Waals surface area contributed by atoms with Crippen molar-refractivity contribution in [3.05, 3.63) is 0 Å². The highest BCUT2D eigenvalue weighted by atomic mass is 32.2. The predicted molar refractivity (Wildman–Crippen MR) is 81.8 cm³/mol. The Morgan fingerprint density at radius 3 is 2.50 bits per heavy atom. The maximum Gasteiger partial charge on any atom is 0.282 e. The van der Waals surface area contributed by atoms with Crippen molar-refractivity contribution in [1.29, 1.82) is 0 Å². The van der Waals surface area contributed by atoms with Crippen LogP contribution in [0.15, 0.2) is 0 Å². The maximum atomic E-state index is 12.7. The van der Waals surface area contributed by atoms with Gasteiger partial charge in [0.15, 0.2) is 0 Å². The molecule has 1 saturated carbocycles. The Balaban J connectivity index is 1.99. The molecule has 0 amide bonds. The Morgan fingerprint density at radius 2 is 1.95 bits per heavy atom. The first-order valence-electron chi connectivity index (χ1n) is 8.02. The van der Waals surface area contributed by atoms with E-state index in [1.807, 2.05) is 0 Å². The molecule has 2 fully saturated rings. The van der Waals surface area contributed by atoms with Gasteiger partial charge in [0, 0.05) is 32.2 Å². The molecule has 0 radical (unpaired) electrons. The van der Waals surface area contributed by atoms with Crippen molar-refractivity contribution in [2.75, 3.05) is 26.7 Å². The molecule has 0 spiro atoms. The molecule has 118 valence electrons. The highest BCUT2D eigenvalue weighted by Crippen LogP contribution is 2.31. The fourth-order valence-electron chi connectivity index (χ4n) is 2.77. The molecule has 1 aliphatic heterocycles. The Kier molecular flexibility index (Phi) is 5.84. The number of hydrogen-bond donors (Lipinski definition) is 1. The molecule has 20 heavy (non-hydrogen) atoms. The van der Waals surface area contributed by atoms with E-state index in [1.165, 1.54) is 17.1 Å². The first-order valence-corrected chi connectivity index (χ1v) is 9.42. The highest BCUT2D eigenvalue weighted by Gasteiger charge is 2.40. The van der Waals surface area contributed by atoms with Gasteiger partial charge in [0.05, 0.1) is 0 Å². The van der Waals surface area contributed by atoms with Gasteiger partial charge >= 0.3 is 0 Å². The molecule has 2 rings (SSSR count). The normalized spacial score (nSPS) is 24.5. The van der Waals surface area contributed by atoms with E-state index >= 15 is 0 Å². The lowest BCUT2D eigenvalue weighted by molar-refractivity contribution is 0.289. The maximum absolute atomic E-state index is 12.7. The minimum atomic E-state index is -3.28. The van der Waals surface area contributed by atoms with Gasteiger partial charge in [-0.05, 0) is 38.6 Å². The molecule has 1 aliphatic carbocycles. The van der Waals surface area contributed by atoms with Crippen molar-refractivity contribution < 1.29 is 8.42 Å². The van der Waals surface area contributed by atoms with Crippen LogP contribution in [-0.4, -0.2) is 55.8 Å². The largest absolute Gasteiger partial charge is 0.313 e. The average Bonchev–Trinajstić information content (AvgIpc) is 3.27. The Morgan fingerprint density at radius 1 is 1.20 bits per heavy atom. The number of rotatable bonds is 8. The predicted octanol–water partition coefficient (Wildman–Crippen LogP) is 1.57. The molecule has 1 heterocycles. The number of hydrogen-bond acceptors (Lipinski definition) is 3. The third-order valence-corrected chi connectivity index (χ3v) is 6.29. The van der Waals surface area contributed by atoms with Crippen molar-refractivity contribution in [1.82, 2.24) is 13.9 Å². The summed E-state index contributed by atoms with van der Waals surface area (Å²) < 4.78 is 28.7. The van der Waals surface area contributed by atoms with E-state index in [2.05, 4.69) is 12.2 Å². The zero-order valence-corrected chi connectivity index (χ0v) is 13.7. The summed E-state index contributed by atoms with van der Waals surface area (Å²) in [5, 5.41) is 3.46. The fraction of sp³-hybridized carbons (Fsp3) is 1.00. The van der Waals surface area contributed by atoms with Crippen LogP contribution in [0.25, 0.3) is 0 Å². The summed E-state index contributed by atoms with van der Waals surface area (Å²) in [5.41, 5.74) is 0. The number of nitrogens with one attached hydrogen (secondary N) is 1. The second kappa shape index (κ2) is 7.20. The minimum absolute atomic E-state index is 0.243. The van der Waals surface area contributed by atoms with Gasteiger partial charge < -0.3 is 5.32 Å². The molecule has 1 saturated heterocycles. The van der Waals surface area contributed by atoms with Crippen molar-refractivity contribution in [3.8, 4) is 0 Å². The monoisotopic (exact) mass is 303 g/mol. The van der Waals surface area contributed by atoms with Gasteiger partial charge in [0.1, 0.15) is 0 Å². The SMILES string of the molecule is CCCCN(C)S(=O)(=O)N(CC1CCCCN1)C1CC1.